The lowest BCUT2D eigenvalue weighted by molar-refractivity contribution is -0.146. The predicted octanol–water partition coefficient (Wildman–Crippen LogP) is 1.94. The molecule has 0 amide bonds. The van der Waals surface area contributed by atoms with E-state index in [1.165, 1.54) is 12.1 Å². The molecule has 0 saturated heterocycles. The van der Waals surface area contributed by atoms with Crippen LogP contribution < -0.4 is 5.14 Å². The van der Waals surface area contributed by atoms with Crippen LogP contribution in [0, 0.1) is 5.92 Å². The zero-order valence-electron chi connectivity index (χ0n) is 13.6. The van der Waals surface area contributed by atoms with Gasteiger partial charge in [0.15, 0.2) is 0 Å². The Morgan fingerprint density at radius 2 is 2.17 bits per heavy atom. The number of hydrogen-bond donors (Lipinski definition) is 1. The third-order valence-electron chi connectivity index (χ3n) is 4.12. The highest BCUT2D eigenvalue weighted by atomic mass is 32.2. The Balaban J connectivity index is 1.93. The van der Waals surface area contributed by atoms with Gasteiger partial charge in [-0.2, -0.15) is 0 Å². The van der Waals surface area contributed by atoms with Crippen LogP contribution in [0.25, 0.3) is 11.0 Å². The number of benzene rings is 1. The number of aromatic nitrogens is 2. The van der Waals surface area contributed by atoms with E-state index < -0.39 is 10.0 Å². The fourth-order valence-electron chi connectivity index (χ4n) is 2.58. The molecule has 0 spiro atoms. The van der Waals surface area contributed by atoms with Crippen LogP contribution in [0.2, 0.25) is 0 Å². The molecule has 0 bridgehead atoms. The molecular weight excluding hydrogens is 330 g/mol. The van der Waals surface area contributed by atoms with Crippen molar-refractivity contribution in [3.63, 3.8) is 0 Å². The number of hydrogen-bond acceptors (Lipinski definition) is 5. The number of aryl methyl sites for hydroxylation is 1. The largest absolute Gasteiger partial charge is 0.457 e. The summed E-state index contributed by atoms with van der Waals surface area (Å²) in [5.41, 5.74) is 1.35. The summed E-state index contributed by atoms with van der Waals surface area (Å²) < 4.78 is 30.3. The molecule has 0 aliphatic heterocycles. The van der Waals surface area contributed by atoms with Gasteiger partial charge in [0.1, 0.15) is 12.4 Å². The summed E-state index contributed by atoms with van der Waals surface area (Å²) in [5.74, 6) is 0.473. The Bertz CT molecular complexity index is 869. The summed E-state index contributed by atoms with van der Waals surface area (Å²) in [6.45, 7) is 2.92. The van der Waals surface area contributed by atoms with Crippen molar-refractivity contribution >= 4 is 27.0 Å². The summed E-state index contributed by atoms with van der Waals surface area (Å²) in [5, 5.41) is 5.18. The highest BCUT2D eigenvalue weighted by molar-refractivity contribution is 7.89. The molecule has 0 unspecified atom stereocenters. The first-order valence-electron chi connectivity index (χ1n) is 8.08. The van der Waals surface area contributed by atoms with E-state index >= 15 is 0 Å². The first-order valence-corrected chi connectivity index (χ1v) is 9.63. The number of primary sulfonamides is 1. The van der Waals surface area contributed by atoms with E-state index in [1.807, 2.05) is 4.57 Å². The lowest BCUT2D eigenvalue weighted by Crippen LogP contribution is -2.12. The zero-order valence-corrected chi connectivity index (χ0v) is 14.4. The van der Waals surface area contributed by atoms with Crippen LogP contribution in [0.1, 0.15) is 38.4 Å². The molecule has 1 fully saturated rings. The summed E-state index contributed by atoms with van der Waals surface area (Å²) in [6.07, 6.45) is 3.74. The van der Waals surface area contributed by atoms with Gasteiger partial charge in [-0.3, -0.25) is 4.79 Å². The number of carbonyl (C=O) groups is 1. The number of carbonyl (C=O) groups excluding carboxylic acids is 1. The minimum atomic E-state index is -3.78. The van der Waals surface area contributed by atoms with Crippen molar-refractivity contribution in [1.82, 2.24) is 9.55 Å². The van der Waals surface area contributed by atoms with Gasteiger partial charge in [-0.15, -0.1) is 0 Å². The van der Waals surface area contributed by atoms with Gasteiger partial charge in [0.25, 0.3) is 0 Å². The predicted molar refractivity (Wildman–Crippen MR) is 88.5 cm³/mol. The van der Waals surface area contributed by atoms with Gasteiger partial charge in [0, 0.05) is 6.54 Å². The third kappa shape index (κ3) is 3.59. The fourth-order valence-corrected chi connectivity index (χ4v) is 3.12. The van der Waals surface area contributed by atoms with Crippen molar-refractivity contribution in [3.05, 3.63) is 24.0 Å². The van der Waals surface area contributed by atoms with Gasteiger partial charge in [0.2, 0.25) is 10.0 Å². The average Bonchev–Trinajstić information content (AvgIpc) is 3.32. The van der Waals surface area contributed by atoms with Crippen molar-refractivity contribution in [2.24, 2.45) is 11.1 Å². The lowest BCUT2D eigenvalue weighted by Gasteiger charge is -2.09. The number of imidazole rings is 1. The highest BCUT2D eigenvalue weighted by Gasteiger charge is 2.31. The molecule has 1 saturated carbocycles. The average molecular weight is 351 g/mol. The minimum absolute atomic E-state index is 0.0247. The van der Waals surface area contributed by atoms with Crippen LogP contribution in [0.15, 0.2) is 23.1 Å². The first-order chi connectivity index (χ1) is 11.4. The van der Waals surface area contributed by atoms with E-state index in [1.54, 1.807) is 6.07 Å². The summed E-state index contributed by atoms with van der Waals surface area (Å²) in [7, 11) is -3.78. The maximum absolute atomic E-state index is 11.7. The van der Waals surface area contributed by atoms with Crippen LogP contribution in [-0.2, 0) is 32.7 Å². The molecule has 7 nitrogen and oxygen atoms in total. The molecule has 1 aromatic heterocycles. The molecule has 24 heavy (non-hydrogen) atoms. The van der Waals surface area contributed by atoms with E-state index in [4.69, 9.17) is 9.88 Å². The van der Waals surface area contributed by atoms with Crippen molar-refractivity contribution < 1.29 is 17.9 Å². The fraction of sp³-hybridized carbons (Fsp3) is 0.500. The molecule has 1 heterocycles. The van der Waals surface area contributed by atoms with Crippen LogP contribution in [0.3, 0.4) is 0 Å². The van der Waals surface area contributed by atoms with E-state index in [2.05, 4.69) is 11.9 Å². The van der Waals surface area contributed by atoms with Crippen molar-refractivity contribution in [2.45, 2.75) is 50.7 Å². The maximum Gasteiger partial charge on any atom is 0.309 e. The number of ether oxygens (including phenoxy) is 1. The molecule has 0 atom stereocenters. The molecule has 1 aliphatic rings. The number of unbranched alkanes of at least 4 members (excludes halogenated alkanes) is 1. The normalized spacial score (nSPS) is 14.9. The number of esters is 1. The molecule has 2 N–H and O–H groups in total. The van der Waals surface area contributed by atoms with Gasteiger partial charge in [0.05, 0.1) is 21.8 Å². The zero-order chi connectivity index (χ0) is 17.3. The van der Waals surface area contributed by atoms with Crippen molar-refractivity contribution in [3.8, 4) is 0 Å². The lowest BCUT2D eigenvalue weighted by atomic mass is 10.3. The van der Waals surface area contributed by atoms with Gasteiger partial charge in [-0.25, -0.2) is 18.5 Å². The Hall–Kier alpha value is -1.93. The SMILES string of the molecule is CCCCn1c(COC(=O)C2CC2)nc2cc(S(N)(=O)=O)ccc21. The van der Waals surface area contributed by atoms with E-state index in [-0.39, 0.29) is 23.4 Å². The second kappa shape index (κ2) is 6.52. The Morgan fingerprint density at radius 1 is 1.42 bits per heavy atom. The Labute approximate surface area is 140 Å². The third-order valence-corrected chi connectivity index (χ3v) is 5.03. The topological polar surface area (TPSA) is 104 Å². The number of rotatable bonds is 7. The highest BCUT2D eigenvalue weighted by Crippen LogP contribution is 2.30. The molecule has 1 aromatic carbocycles. The first kappa shape index (κ1) is 16.9. The molecule has 8 heteroatoms. The van der Waals surface area contributed by atoms with Gasteiger partial charge in [-0.05, 0) is 37.5 Å². The number of nitrogens with zero attached hydrogens (tertiary/aromatic N) is 2. The van der Waals surface area contributed by atoms with Crippen molar-refractivity contribution in [2.75, 3.05) is 0 Å². The minimum Gasteiger partial charge on any atom is -0.457 e. The molecule has 0 radical (unpaired) electrons. The van der Waals surface area contributed by atoms with Gasteiger partial charge >= 0.3 is 5.97 Å². The molecule has 1 aliphatic carbocycles. The van der Waals surface area contributed by atoms with Crippen LogP contribution in [-0.4, -0.2) is 23.9 Å². The van der Waals surface area contributed by atoms with Gasteiger partial charge in [-0.1, -0.05) is 13.3 Å². The smallest absolute Gasteiger partial charge is 0.309 e. The molecule has 3 rings (SSSR count). The van der Waals surface area contributed by atoms with E-state index in [0.717, 1.165) is 37.7 Å². The summed E-state index contributed by atoms with van der Waals surface area (Å²) in [4.78, 5) is 16.2. The maximum atomic E-state index is 11.7. The van der Waals surface area contributed by atoms with Crippen molar-refractivity contribution in [1.29, 1.82) is 0 Å². The number of nitrogens with two attached hydrogens (primary N) is 1. The van der Waals surface area contributed by atoms with Crippen LogP contribution in [0.4, 0.5) is 0 Å². The van der Waals surface area contributed by atoms with E-state index in [9.17, 15) is 13.2 Å². The second-order valence-electron chi connectivity index (χ2n) is 6.11. The second-order valence-corrected chi connectivity index (χ2v) is 7.67. The monoisotopic (exact) mass is 351 g/mol. The number of fused-ring (bicyclic) bond motifs is 1. The Morgan fingerprint density at radius 3 is 2.79 bits per heavy atom. The standard InChI is InChI=1S/C16H21N3O4S/c1-2-3-8-19-14-7-6-12(24(17,21)22)9-13(14)18-15(19)10-23-16(20)11-4-5-11/h6-7,9,11H,2-5,8,10H2,1H3,(H2,17,21,22). The quantitative estimate of drug-likeness (QED) is 0.768. The van der Waals surface area contributed by atoms with Crippen LogP contribution in [0.5, 0.6) is 0 Å². The molecule has 2 aromatic rings. The Kier molecular flexibility index (Phi) is 4.60. The number of sulfonamides is 1. The van der Waals surface area contributed by atoms with E-state index in [0.29, 0.717) is 11.3 Å². The molecule has 130 valence electrons. The molecular formula is C16H21N3O4S. The van der Waals surface area contributed by atoms with Gasteiger partial charge < -0.3 is 9.30 Å². The van der Waals surface area contributed by atoms with Crippen LogP contribution >= 0.6 is 0 Å². The summed E-state index contributed by atoms with van der Waals surface area (Å²) in [6, 6.07) is 4.63. The summed E-state index contributed by atoms with van der Waals surface area (Å²) >= 11 is 0.